The number of carbonyl (C=O) groups excluding carboxylic acids is 1. The number of aromatic nitrogens is 1. The molecule has 0 aromatic carbocycles. The average molecular weight is 267 g/mol. The Morgan fingerprint density at radius 3 is 2.53 bits per heavy atom. The van der Waals surface area contributed by atoms with E-state index in [1.165, 1.54) is 11.1 Å². The van der Waals surface area contributed by atoms with Crippen molar-refractivity contribution in [3.8, 4) is 0 Å². The number of pyridine rings is 1. The number of hydrogen-bond acceptors (Lipinski definition) is 5. The fraction of sp³-hybridized carbons (Fsp3) is 0.538. The standard InChI is InChI=1S/C13H21N3O3/c1-4-13(8-17,9-18)15-10-5-6-14-11(7-10)12(19)16(2)3/h5-7,17-18H,4,8-9H2,1-3H3,(H,14,15). The molecule has 1 rings (SSSR count). The quantitative estimate of drug-likeness (QED) is 0.691. The highest BCUT2D eigenvalue weighted by Crippen LogP contribution is 2.18. The Balaban J connectivity index is 2.97. The number of nitrogens with zero attached hydrogens (tertiary/aromatic N) is 2. The zero-order chi connectivity index (χ0) is 14.5. The summed E-state index contributed by atoms with van der Waals surface area (Å²) in [5.41, 5.74) is 0.167. The van der Waals surface area contributed by atoms with Crippen LogP contribution in [-0.4, -0.2) is 58.9 Å². The van der Waals surface area contributed by atoms with Crippen molar-refractivity contribution in [2.75, 3.05) is 32.6 Å². The third-order valence-electron chi connectivity index (χ3n) is 3.08. The maximum atomic E-state index is 11.8. The maximum Gasteiger partial charge on any atom is 0.272 e. The van der Waals surface area contributed by atoms with Crippen LogP contribution in [0.3, 0.4) is 0 Å². The molecular formula is C13H21N3O3. The number of anilines is 1. The number of aliphatic hydroxyl groups excluding tert-OH is 2. The largest absolute Gasteiger partial charge is 0.394 e. The van der Waals surface area contributed by atoms with E-state index in [4.69, 9.17) is 0 Å². The van der Waals surface area contributed by atoms with Gasteiger partial charge in [0.25, 0.3) is 5.91 Å². The topological polar surface area (TPSA) is 85.7 Å². The molecule has 1 amide bonds. The zero-order valence-electron chi connectivity index (χ0n) is 11.6. The van der Waals surface area contributed by atoms with Gasteiger partial charge >= 0.3 is 0 Å². The van der Waals surface area contributed by atoms with E-state index in [2.05, 4.69) is 10.3 Å². The second kappa shape index (κ2) is 6.49. The maximum absolute atomic E-state index is 11.8. The van der Waals surface area contributed by atoms with Gasteiger partial charge in [0, 0.05) is 26.0 Å². The van der Waals surface area contributed by atoms with E-state index < -0.39 is 5.54 Å². The summed E-state index contributed by atoms with van der Waals surface area (Å²) in [5, 5.41) is 21.8. The van der Waals surface area contributed by atoms with E-state index in [1.807, 2.05) is 6.92 Å². The zero-order valence-corrected chi connectivity index (χ0v) is 11.6. The molecule has 0 bridgehead atoms. The molecule has 0 spiro atoms. The first-order valence-corrected chi connectivity index (χ1v) is 6.15. The first kappa shape index (κ1) is 15.4. The molecule has 6 nitrogen and oxygen atoms in total. The molecule has 1 aromatic heterocycles. The summed E-state index contributed by atoms with van der Waals surface area (Å²) >= 11 is 0. The number of rotatable bonds is 6. The van der Waals surface area contributed by atoms with Gasteiger partial charge in [-0.3, -0.25) is 9.78 Å². The van der Waals surface area contributed by atoms with Gasteiger partial charge in [0.2, 0.25) is 0 Å². The molecule has 0 aliphatic rings. The van der Waals surface area contributed by atoms with Crippen LogP contribution in [0.5, 0.6) is 0 Å². The average Bonchev–Trinajstić information content (AvgIpc) is 2.44. The van der Waals surface area contributed by atoms with Crippen LogP contribution >= 0.6 is 0 Å². The van der Waals surface area contributed by atoms with Gasteiger partial charge in [-0.25, -0.2) is 0 Å². The van der Waals surface area contributed by atoms with Gasteiger partial charge < -0.3 is 20.4 Å². The minimum absolute atomic E-state index is 0.195. The van der Waals surface area contributed by atoms with Crippen molar-refractivity contribution in [1.29, 1.82) is 0 Å². The molecule has 1 heterocycles. The highest BCUT2D eigenvalue weighted by atomic mass is 16.3. The lowest BCUT2D eigenvalue weighted by Gasteiger charge is -2.31. The van der Waals surface area contributed by atoms with Crippen LogP contribution in [0, 0.1) is 0 Å². The van der Waals surface area contributed by atoms with E-state index in [0.717, 1.165) is 0 Å². The van der Waals surface area contributed by atoms with E-state index in [9.17, 15) is 15.0 Å². The number of amides is 1. The van der Waals surface area contributed by atoms with Crippen LogP contribution in [0.25, 0.3) is 0 Å². The third-order valence-corrected chi connectivity index (χ3v) is 3.08. The highest BCUT2D eigenvalue weighted by Gasteiger charge is 2.26. The van der Waals surface area contributed by atoms with Gasteiger partial charge in [0.15, 0.2) is 0 Å². The summed E-state index contributed by atoms with van der Waals surface area (Å²) in [6, 6.07) is 3.31. The summed E-state index contributed by atoms with van der Waals surface area (Å²) in [6.45, 7) is 1.48. The van der Waals surface area contributed by atoms with Gasteiger partial charge in [-0.15, -0.1) is 0 Å². The Morgan fingerprint density at radius 1 is 1.42 bits per heavy atom. The van der Waals surface area contributed by atoms with Crippen LogP contribution in [0.1, 0.15) is 23.8 Å². The number of aliphatic hydroxyl groups is 2. The summed E-state index contributed by atoms with van der Waals surface area (Å²) in [4.78, 5) is 17.3. The molecule has 3 N–H and O–H groups in total. The van der Waals surface area contributed by atoms with E-state index >= 15 is 0 Å². The van der Waals surface area contributed by atoms with E-state index in [-0.39, 0.29) is 19.1 Å². The lowest BCUT2D eigenvalue weighted by Crippen LogP contribution is -2.45. The van der Waals surface area contributed by atoms with Gasteiger partial charge in [-0.2, -0.15) is 0 Å². The first-order valence-electron chi connectivity index (χ1n) is 6.15. The molecule has 106 valence electrons. The fourth-order valence-corrected chi connectivity index (χ4v) is 1.60. The number of nitrogens with one attached hydrogen (secondary N) is 1. The number of hydrogen-bond donors (Lipinski definition) is 3. The van der Waals surface area contributed by atoms with Crippen molar-refractivity contribution in [3.05, 3.63) is 24.0 Å². The van der Waals surface area contributed by atoms with E-state index in [1.54, 1.807) is 26.2 Å². The van der Waals surface area contributed by atoms with Crippen LogP contribution in [0.4, 0.5) is 5.69 Å². The second-order valence-electron chi connectivity index (χ2n) is 4.70. The summed E-state index contributed by atoms with van der Waals surface area (Å²) in [5.74, 6) is -0.196. The van der Waals surface area contributed by atoms with Gasteiger partial charge in [0.05, 0.1) is 18.8 Å². The molecule has 0 aliphatic heterocycles. The molecule has 0 fully saturated rings. The molecule has 0 aliphatic carbocycles. The van der Waals surface area contributed by atoms with Crippen LogP contribution in [0.15, 0.2) is 18.3 Å². The highest BCUT2D eigenvalue weighted by molar-refractivity contribution is 5.92. The van der Waals surface area contributed by atoms with E-state index in [0.29, 0.717) is 17.8 Å². The second-order valence-corrected chi connectivity index (χ2v) is 4.70. The fourth-order valence-electron chi connectivity index (χ4n) is 1.60. The molecule has 0 unspecified atom stereocenters. The predicted octanol–water partition coefficient (Wildman–Crippen LogP) is 0.329. The molecule has 0 atom stereocenters. The van der Waals surface area contributed by atoms with Crippen molar-refractivity contribution in [2.24, 2.45) is 0 Å². The van der Waals surface area contributed by atoms with Crippen molar-refractivity contribution >= 4 is 11.6 Å². The van der Waals surface area contributed by atoms with Crippen molar-refractivity contribution in [2.45, 2.75) is 18.9 Å². The molecule has 19 heavy (non-hydrogen) atoms. The summed E-state index contributed by atoms with van der Waals surface area (Å²) in [7, 11) is 3.31. The van der Waals surface area contributed by atoms with Crippen LogP contribution in [0.2, 0.25) is 0 Å². The van der Waals surface area contributed by atoms with Crippen molar-refractivity contribution < 1.29 is 15.0 Å². The molecule has 0 saturated carbocycles. The SMILES string of the molecule is CCC(CO)(CO)Nc1ccnc(C(=O)N(C)C)c1. The normalized spacial score (nSPS) is 11.2. The minimum Gasteiger partial charge on any atom is -0.394 e. The van der Waals surface area contributed by atoms with Crippen molar-refractivity contribution in [1.82, 2.24) is 9.88 Å². The van der Waals surface area contributed by atoms with Crippen molar-refractivity contribution in [3.63, 3.8) is 0 Å². The Bertz CT molecular complexity index is 423. The third kappa shape index (κ3) is 3.65. The van der Waals surface area contributed by atoms with Gasteiger partial charge in [-0.1, -0.05) is 6.92 Å². The molecule has 0 saturated heterocycles. The summed E-state index contributed by atoms with van der Waals surface area (Å²) < 4.78 is 0. The Morgan fingerprint density at radius 2 is 2.05 bits per heavy atom. The molecule has 0 radical (unpaired) electrons. The van der Waals surface area contributed by atoms with Gasteiger partial charge in [-0.05, 0) is 18.6 Å². The Hall–Kier alpha value is -1.66. The lowest BCUT2D eigenvalue weighted by molar-refractivity contribution is 0.0822. The Labute approximate surface area is 113 Å². The van der Waals surface area contributed by atoms with Crippen LogP contribution in [-0.2, 0) is 0 Å². The molecule has 1 aromatic rings. The minimum atomic E-state index is -0.792. The monoisotopic (exact) mass is 267 g/mol. The van der Waals surface area contributed by atoms with Crippen LogP contribution < -0.4 is 5.32 Å². The molecule has 6 heteroatoms. The predicted molar refractivity (Wildman–Crippen MR) is 73.1 cm³/mol. The Kier molecular flexibility index (Phi) is 5.26. The lowest BCUT2D eigenvalue weighted by atomic mass is 9.98. The van der Waals surface area contributed by atoms with Gasteiger partial charge in [0.1, 0.15) is 5.69 Å². The summed E-state index contributed by atoms with van der Waals surface area (Å²) in [6.07, 6.45) is 2.08. The first-order chi connectivity index (χ1) is 8.98. The molecular weight excluding hydrogens is 246 g/mol. The number of carbonyl (C=O) groups is 1. The smallest absolute Gasteiger partial charge is 0.272 e.